The first kappa shape index (κ1) is 11.5. The quantitative estimate of drug-likeness (QED) is 0.749. The van der Waals surface area contributed by atoms with Gasteiger partial charge in [-0.3, -0.25) is 4.79 Å². The number of carbonyl (C=O) groups is 1. The van der Waals surface area contributed by atoms with Crippen molar-refractivity contribution in [2.45, 2.75) is 6.42 Å². The molecule has 1 heterocycles. The van der Waals surface area contributed by atoms with Gasteiger partial charge >= 0.3 is 0 Å². The zero-order valence-electron chi connectivity index (χ0n) is 10.3. The minimum Gasteiger partial charge on any atom is -0.366 e. The summed E-state index contributed by atoms with van der Waals surface area (Å²) in [6.45, 7) is 0. The van der Waals surface area contributed by atoms with Crippen LogP contribution in [-0.2, 0) is 6.42 Å². The van der Waals surface area contributed by atoms with Crippen LogP contribution < -0.4 is 5.73 Å². The summed E-state index contributed by atoms with van der Waals surface area (Å²) in [7, 11) is 0. The maximum Gasteiger partial charge on any atom is 0.248 e. The largest absolute Gasteiger partial charge is 0.366 e. The Morgan fingerprint density at radius 3 is 2.63 bits per heavy atom. The molecule has 0 saturated heterocycles. The summed E-state index contributed by atoms with van der Waals surface area (Å²) in [5.41, 5.74) is 8.72. The molecule has 0 atom stereocenters. The van der Waals surface area contributed by atoms with Gasteiger partial charge in [0.1, 0.15) is 5.82 Å². The van der Waals surface area contributed by atoms with Gasteiger partial charge in [-0.2, -0.15) is 0 Å². The van der Waals surface area contributed by atoms with Gasteiger partial charge in [0, 0.05) is 12.0 Å². The molecular formula is C15H13N3O. The number of H-pyrrole nitrogens is 1. The predicted octanol–water partition coefficient (Wildman–Crippen LogP) is 2.25. The summed E-state index contributed by atoms with van der Waals surface area (Å²) in [6.07, 6.45) is 0.563. The van der Waals surface area contributed by atoms with E-state index in [1.807, 2.05) is 42.5 Å². The van der Waals surface area contributed by atoms with Crippen molar-refractivity contribution in [3.63, 3.8) is 0 Å². The summed E-state index contributed by atoms with van der Waals surface area (Å²) in [4.78, 5) is 19.1. The lowest BCUT2D eigenvalue weighted by Gasteiger charge is -2.04. The van der Waals surface area contributed by atoms with E-state index in [0.717, 1.165) is 22.4 Å². The molecule has 19 heavy (non-hydrogen) atoms. The fourth-order valence-electron chi connectivity index (χ4n) is 2.18. The highest BCUT2D eigenvalue weighted by Crippen LogP contribution is 2.16. The average Bonchev–Trinajstić information content (AvgIpc) is 2.81. The molecule has 4 heteroatoms. The number of aromatic amines is 1. The van der Waals surface area contributed by atoms with Gasteiger partial charge in [-0.15, -0.1) is 0 Å². The molecule has 0 bridgehead atoms. The van der Waals surface area contributed by atoms with Gasteiger partial charge in [0.05, 0.1) is 11.0 Å². The highest BCUT2D eigenvalue weighted by Gasteiger charge is 2.09. The number of nitrogens with one attached hydrogen (secondary N) is 1. The van der Waals surface area contributed by atoms with Crippen LogP contribution in [0.1, 0.15) is 21.7 Å². The highest BCUT2D eigenvalue weighted by atomic mass is 16.1. The van der Waals surface area contributed by atoms with Crippen LogP contribution in [0, 0.1) is 0 Å². The van der Waals surface area contributed by atoms with E-state index in [9.17, 15) is 4.79 Å². The van der Waals surface area contributed by atoms with Gasteiger partial charge in [-0.05, 0) is 23.8 Å². The molecule has 0 saturated carbocycles. The number of primary amides is 1. The van der Waals surface area contributed by atoms with Crippen LogP contribution in [-0.4, -0.2) is 15.9 Å². The van der Waals surface area contributed by atoms with Crippen molar-refractivity contribution in [2.75, 3.05) is 0 Å². The normalized spacial score (nSPS) is 10.7. The monoisotopic (exact) mass is 251 g/mol. The number of rotatable bonds is 3. The molecule has 0 fully saturated rings. The van der Waals surface area contributed by atoms with Gasteiger partial charge in [-0.1, -0.05) is 30.3 Å². The Hall–Kier alpha value is -2.62. The van der Waals surface area contributed by atoms with Crippen molar-refractivity contribution < 1.29 is 4.79 Å². The summed E-state index contributed by atoms with van der Waals surface area (Å²) < 4.78 is 0. The van der Waals surface area contributed by atoms with E-state index in [0.29, 0.717) is 12.0 Å². The third-order valence-electron chi connectivity index (χ3n) is 3.08. The molecular weight excluding hydrogens is 238 g/mol. The van der Waals surface area contributed by atoms with Gasteiger partial charge in [0.25, 0.3) is 0 Å². The summed E-state index contributed by atoms with van der Waals surface area (Å²) >= 11 is 0. The second-order valence-corrected chi connectivity index (χ2v) is 4.40. The molecule has 2 aromatic carbocycles. The van der Waals surface area contributed by atoms with Gasteiger partial charge in [-0.25, -0.2) is 4.98 Å². The molecule has 0 aliphatic rings. The zero-order chi connectivity index (χ0) is 13.2. The molecule has 0 unspecified atom stereocenters. The highest BCUT2D eigenvalue weighted by molar-refractivity contribution is 5.94. The Bertz CT molecular complexity index is 713. The van der Waals surface area contributed by atoms with Crippen LogP contribution >= 0.6 is 0 Å². The molecule has 3 aromatic rings. The Balaban J connectivity index is 1.99. The van der Waals surface area contributed by atoms with Crippen LogP contribution in [0.2, 0.25) is 0 Å². The summed E-state index contributed by atoms with van der Waals surface area (Å²) in [5, 5.41) is 0. The molecule has 94 valence electrons. The number of hydrogen-bond donors (Lipinski definition) is 2. The van der Waals surface area contributed by atoms with E-state index in [4.69, 9.17) is 5.73 Å². The fraction of sp³-hybridized carbons (Fsp3) is 0.0667. The number of para-hydroxylation sites is 2. The van der Waals surface area contributed by atoms with Crippen molar-refractivity contribution in [1.82, 2.24) is 9.97 Å². The second-order valence-electron chi connectivity index (χ2n) is 4.40. The van der Waals surface area contributed by atoms with E-state index >= 15 is 0 Å². The molecule has 1 aromatic heterocycles. The fourth-order valence-corrected chi connectivity index (χ4v) is 2.18. The number of hydrogen-bond acceptors (Lipinski definition) is 2. The summed E-state index contributed by atoms with van der Waals surface area (Å²) in [5.74, 6) is 0.418. The Morgan fingerprint density at radius 2 is 1.84 bits per heavy atom. The first-order valence-corrected chi connectivity index (χ1v) is 6.05. The minimum atomic E-state index is -0.410. The molecule has 3 N–H and O–H groups in total. The molecule has 0 aliphatic carbocycles. The van der Waals surface area contributed by atoms with Gasteiger partial charge < -0.3 is 10.7 Å². The van der Waals surface area contributed by atoms with Crippen molar-refractivity contribution in [3.8, 4) is 0 Å². The number of carbonyl (C=O) groups excluding carboxylic acids is 1. The number of benzene rings is 2. The van der Waals surface area contributed by atoms with Crippen LogP contribution in [0.25, 0.3) is 11.0 Å². The van der Waals surface area contributed by atoms with E-state index in [1.165, 1.54) is 0 Å². The lowest BCUT2D eigenvalue weighted by molar-refractivity contribution is 0.0999. The van der Waals surface area contributed by atoms with Crippen molar-refractivity contribution >= 4 is 16.9 Å². The lowest BCUT2D eigenvalue weighted by Crippen LogP contribution is -2.13. The van der Waals surface area contributed by atoms with Crippen molar-refractivity contribution in [3.05, 3.63) is 65.5 Å². The smallest absolute Gasteiger partial charge is 0.248 e. The molecule has 3 rings (SSSR count). The maximum atomic E-state index is 11.4. The minimum absolute atomic E-state index is 0.410. The molecule has 0 spiro atoms. The van der Waals surface area contributed by atoms with E-state index in [-0.39, 0.29) is 0 Å². The number of nitrogens with zero attached hydrogens (tertiary/aromatic N) is 1. The molecule has 0 radical (unpaired) electrons. The Morgan fingerprint density at radius 1 is 1.11 bits per heavy atom. The number of fused-ring (bicyclic) bond motifs is 1. The van der Waals surface area contributed by atoms with Gasteiger partial charge in [0.2, 0.25) is 5.91 Å². The first-order chi connectivity index (χ1) is 9.24. The molecule has 1 amide bonds. The van der Waals surface area contributed by atoms with Crippen molar-refractivity contribution in [1.29, 1.82) is 0 Å². The topological polar surface area (TPSA) is 71.8 Å². The number of aromatic nitrogens is 2. The SMILES string of the molecule is NC(=O)c1ccccc1Cc1nc2ccccc2[nH]1. The average molecular weight is 251 g/mol. The Kier molecular flexibility index (Phi) is 2.76. The van der Waals surface area contributed by atoms with E-state index in [1.54, 1.807) is 6.07 Å². The molecule has 0 aliphatic heterocycles. The Labute approximate surface area is 110 Å². The predicted molar refractivity (Wildman–Crippen MR) is 73.9 cm³/mol. The first-order valence-electron chi connectivity index (χ1n) is 6.05. The maximum absolute atomic E-state index is 11.4. The third-order valence-corrected chi connectivity index (χ3v) is 3.08. The van der Waals surface area contributed by atoms with E-state index < -0.39 is 5.91 Å². The molecule has 4 nitrogen and oxygen atoms in total. The van der Waals surface area contributed by atoms with Crippen LogP contribution in [0.4, 0.5) is 0 Å². The second kappa shape index (κ2) is 4.57. The van der Waals surface area contributed by atoms with Gasteiger partial charge in [0.15, 0.2) is 0 Å². The number of imidazole rings is 1. The lowest BCUT2D eigenvalue weighted by atomic mass is 10.0. The van der Waals surface area contributed by atoms with Crippen LogP contribution in [0.5, 0.6) is 0 Å². The third kappa shape index (κ3) is 2.20. The number of amides is 1. The van der Waals surface area contributed by atoms with Crippen LogP contribution in [0.15, 0.2) is 48.5 Å². The summed E-state index contributed by atoms with van der Waals surface area (Å²) in [6, 6.07) is 15.2. The van der Waals surface area contributed by atoms with Crippen molar-refractivity contribution in [2.24, 2.45) is 5.73 Å². The zero-order valence-corrected chi connectivity index (χ0v) is 10.3. The standard InChI is InChI=1S/C15H13N3O/c16-15(19)11-6-2-1-5-10(11)9-14-17-12-7-3-4-8-13(12)18-14/h1-8H,9H2,(H2,16,19)(H,17,18). The number of nitrogens with two attached hydrogens (primary N) is 1. The van der Waals surface area contributed by atoms with E-state index in [2.05, 4.69) is 9.97 Å². The van der Waals surface area contributed by atoms with Crippen LogP contribution in [0.3, 0.4) is 0 Å².